The summed E-state index contributed by atoms with van der Waals surface area (Å²) in [5.41, 5.74) is -1.51. The van der Waals surface area contributed by atoms with Crippen LogP contribution in [0.3, 0.4) is 0 Å². The molecule has 3 N–H and O–H groups in total. The zero-order valence-corrected chi connectivity index (χ0v) is 9.60. The van der Waals surface area contributed by atoms with Crippen LogP contribution in [0.2, 0.25) is 0 Å². The van der Waals surface area contributed by atoms with Gasteiger partial charge in [0.1, 0.15) is 0 Å². The first-order valence-electron chi connectivity index (χ1n) is 5.13. The molecular weight excluding hydrogens is 224 g/mol. The van der Waals surface area contributed by atoms with E-state index in [4.69, 9.17) is 0 Å². The van der Waals surface area contributed by atoms with E-state index in [2.05, 4.69) is 0 Å². The molecule has 5 heteroatoms. The van der Waals surface area contributed by atoms with E-state index in [0.29, 0.717) is 0 Å². The second-order valence-corrected chi connectivity index (χ2v) is 3.82. The first-order valence-corrected chi connectivity index (χ1v) is 5.13. The average Bonchev–Trinajstić information content (AvgIpc) is 2.24. The van der Waals surface area contributed by atoms with Crippen molar-refractivity contribution >= 4 is 11.8 Å². The van der Waals surface area contributed by atoms with Crippen LogP contribution in [0.1, 0.15) is 25.8 Å². The van der Waals surface area contributed by atoms with Gasteiger partial charge in [0.15, 0.2) is 22.7 Å². The van der Waals surface area contributed by atoms with Gasteiger partial charge in [0.25, 0.3) is 0 Å². The first-order chi connectivity index (χ1) is 7.86. The van der Waals surface area contributed by atoms with Crippen molar-refractivity contribution in [2.45, 2.75) is 25.7 Å². The second-order valence-electron chi connectivity index (χ2n) is 3.82. The number of hydrogen-bond acceptors (Lipinski definition) is 4. The fourth-order valence-corrected chi connectivity index (χ4v) is 1.87. The maximum atomic E-state index is 11.6. The lowest BCUT2D eigenvalue weighted by Gasteiger charge is -2.25. The Hall–Kier alpha value is -2.04. The zero-order valence-electron chi connectivity index (χ0n) is 9.60. The minimum absolute atomic E-state index is 0.0713. The number of rotatable bonds is 4. The third kappa shape index (κ3) is 1.95. The summed E-state index contributed by atoms with van der Waals surface area (Å²) in [6, 6.07) is 3.60. The van der Waals surface area contributed by atoms with Crippen LogP contribution in [0.4, 0.5) is 0 Å². The molecule has 0 spiro atoms. The Balaban J connectivity index is 3.46. The van der Waals surface area contributed by atoms with E-state index in [0.717, 1.165) is 6.07 Å². The number of phenolic OH excluding ortho intramolecular Hbond substituents is 2. The molecule has 1 aromatic rings. The maximum Gasteiger partial charge on any atom is 0.321 e. The van der Waals surface area contributed by atoms with E-state index in [9.17, 15) is 24.9 Å². The summed E-state index contributed by atoms with van der Waals surface area (Å²) >= 11 is 0. The lowest BCUT2D eigenvalue weighted by Crippen LogP contribution is -2.41. The fourth-order valence-electron chi connectivity index (χ4n) is 1.87. The van der Waals surface area contributed by atoms with Crippen LogP contribution in [-0.4, -0.2) is 27.1 Å². The van der Waals surface area contributed by atoms with Gasteiger partial charge in [-0.2, -0.15) is 0 Å². The number of phenols is 2. The fraction of sp³-hybridized carbons (Fsp3) is 0.333. The van der Waals surface area contributed by atoms with Crippen molar-refractivity contribution in [1.82, 2.24) is 0 Å². The molecule has 0 radical (unpaired) electrons. The van der Waals surface area contributed by atoms with E-state index in [-0.39, 0.29) is 17.7 Å². The molecule has 0 aliphatic rings. The van der Waals surface area contributed by atoms with Crippen molar-refractivity contribution < 1.29 is 24.9 Å². The normalized spacial score (nSPS) is 14.0. The molecule has 0 aliphatic carbocycles. The highest BCUT2D eigenvalue weighted by molar-refractivity contribution is 6.08. The van der Waals surface area contributed by atoms with Crippen molar-refractivity contribution in [3.63, 3.8) is 0 Å². The summed E-state index contributed by atoms with van der Waals surface area (Å²) in [5, 5.41) is 27.8. The predicted molar refractivity (Wildman–Crippen MR) is 60.1 cm³/mol. The Morgan fingerprint density at radius 1 is 1.24 bits per heavy atom. The van der Waals surface area contributed by atoms with E-state index < -0.39 is 22.9 Å². The van der Waals surface area contributed by atoms with Crippen LogP contribution in [0.25, 0.3) is 0 Å². The molecule has 0 aliphatic heterocycles. The number of hydrogen-bond donors (Lipinski definition) is 3. The van der Waals surface area contributed by atoms with Gasteiger partial charge in [0.2, 0.25) is 0 Å². The number of carboxylic acid groups (broad SMARTS) is 1. The number of ketones is 1. The van der Waals surface area contributed by atoms with Gasteiger partial charge in [0.05, 0.1) is 0 Å². The highest BCUT2D eigenvalue weighted by Gasteiger charge is 2.43. The molecule has 0 aromatic heterocycles. The number of carboxylic acids is 1. The molecule has 92 valence electrons. The molecule has 0 fully saturated rings. The summed E-state index contributed by atoms with van der Waals surface area (Å²) in [5.74, 6) is -2.58. The van der Waals surface area contributed by atoms with Gasteiger partial charge in [-0.15, -0.1) is 0 Å². The molecule has 0 saturated carbocycles. The highest BCUT2D eigenvalue weighted by atomic mass is 16.4. The molecule has 0 bridgehead atoms. The van der Waals surface area contributed by atoms with Crippen molar-refractivity contribution in [3.05, 3.63) is 23.8 Å². The molecule has 0 amide bonds. The Morgan fingerprint density at radius 3 is 2.18 bits per heavy atom. The van der Waals surface area contributed by atoms with Crippen molar-refractivity contribution in [2.75, 3.05) is 0 Å². The molecular formula is C12H14O5. The van der Waals surface area contributed by atoms with Crippen molar-refractivity contribution in [3.8, 4) is 11.5 Å². The van der Waals surface area contributed by atoms with Crippen molar-refractivity contribution in [2.24, 2.45) is 0 Å². The highest BCUT2D eigenvalue weighted by Crippen LogP contribution is 2.35. The van der Waals surface area contributed by atoms with Gasteiger partial charge in [-0.3, -0.25) is 9.59 Å². The molecule has 1 aromatic carbocycles. The largest absolute Gasteiger partial charge is 0.504 e. The predicted octanol–water partition coefficient (Wildman–Crippen LogP) is 1.42. The lowest BCUT2D eigenvalue weighted by atomic mass is 9.75. The maximum absolute atomic E-state index is 11.6. The SMILES string of the molecule is CCC(C(C)=O)(C(=O)O)c1ccc(O)c(O)c1. The van der Waals surface area contributed by atoms with E-state index >= 15 is 0 Å². The average molecular weight is 238 g/mol. The summed E-state index contributed by atoms with van der Waals surface area (Å²) in [6.07, 6.45) is 0.0713. The Bertz CT molecular complexity index is 450. The van der Waals surface area contributed by atoms with Gasteiger partial charge < -0.3 is 15.3 Å². The number of aromatic hydroxyl groups is 2. The number of benzene rings is 1. The Labute approximate surface area is 98.3 Å². The summed E-state index contributed by atoms with van der Waals surface area (Å²) in [4.78, 5) is 22.9. The number of aliphatic carboxylic acids is 1. The quantitative estimate of drug-likeness (QED) is 0.544. The second kappa shape index (κ2) is 4.45. The van der Waals surface area contributed by atoms with Crippen molar-refractivity contribution in [1.29, 1.82) is 0 Å². The van der Waals surface area contributed by atoms with Gasteiger partial charge in [-0.25, -0.2) is 0 Å². The first kappa shape index (κ1) is 13.0. The minimum Gasteiger partial charge on any atom is -0.504 e. The summed E-state index contributed by atoms with van der Waals surface area (Å²) in [6.45, 7) is 2.78. The van der Waals surface area contributed by atoms with Crippen LogP contribution in [-0.2, 0) is 15.0 Å². The zero-order chi connectivity index (χ0) is 13.2. The lowest BCUT2D eigenvalue weighted by molar-refractivity contribution is -0.148. The molecule has 0 saturated heterocycles. The topological polar surface area (TPSA) is 94.8 Å². The number of Topliss-reactive ketones (excluding diaryl/α,β-unsaturated/α-hetero) is 1. The third-order valence-electron chi connectivity index (χ3n) is 2.96. The standard InChI is InChI=1S/C12H14O5/c1-3-12(7(2)13,11(16)17)8-4-5-9(14)10(15)6-8/h4-6,14-15H,3H2,1-2H3,(H,16,17). The smallest absolute Gasteiger partial charge is 0.321 e. The van der Waals surface area contributed by atoms with Gasteiger partial charge in [0, 0.05) is 0 Å². The molecule has 1 rings (SSSR count). The van der Waals surface area contributed by atoms with Gasteiger partial charge in [-0.1, -0.05) is 13.0 Å². The van der Waals surface area contributed by atoms with E-state index in [1.54, 1.807) is 6.92 Å². The molecule has 5 nitrogen and oxygen atoms in total. The van der Waals surface area contributed by atoms with Crippen LogP contribution in [0.15, 0.2) is 18.2 Å². The number of carbonyl (C=O) groups excluding carboxylic acids is 1. The summed E-state index contributed by atoms with van der Waals surface area (Å²) in [7, 11) is 0. The Kier molecular flexibility index (Phi) is 3.41. The summed E-state index contributed by atoms with van der Waals surface area (Å²) < 4.78 is 0. The molecule has 0 heterocycles. The van der Waals surface area contributed by atoms with Crippen LogP contribution in [0, 0.1) is 0 Å². The van der Waals surface area contributed by atoms with Crippen LogP contribution in [0.5, 0.6) is 11.5 Å². The van der Waals surface area contributed by atoms with Crippen LogP contribution < -0.4 is 0 Å². The van der Waals surface area contributed by atoms with Gasteiger partial charge in [-0.05, 0) is 31.0 Å². The van der Waals surface area contributed by atoms with Crippen LogP contribution >= 0.6 is 0 Å². The van der Waals surface area contributed by atoms with Gasteiger partial charge >= 0.3 is 5.97 Å². The minimum atomic E-state index is -1.68. The molecule has 1 atom stereocenters. The molecule has 1 unspecified atom stereocenters. The molecule has 17 heavy (non-hydrogen) atoms. The number of carbonyl (C=O) groups is 2. The Morgan fingerprint density at radius 2 is 1.82 bits per heavy atom. The van der Waals surface area contributed by atoms with E-state index in [1.165, 1.54) is 19.1 Å². The van der Waals surface area contributed by atoms with E-state index in [1.807, 2.05) is 0 Å². The third-order valence-corrected chi connectivity index (χ3v) is 2.96. The monoisotopic (exact) mass is 238 g/mol.